The Morgan fingerprint density at radius 2 is 1.33 bits per heavy atom. The average Bonchev–Trinajstić information content (AvgIpc) is 1.89. The Hall–Kier alpha value is 0.799. The first-order valence-corrected chi connectivity index (χ1v) is 10.1. The summed E-state index contributed by atoms with van der Waals surface area (Å²) in [4.78, 5) is 0. The summed E-state index contributed by atoms with van der Waals surface area (Å²) in [6.07, 6.45) is 5.89. The van der Waals surface area contributed by atoms with E-state index < -0.39 is 0 Å². The van der Waals surface area contributed by atoms with Gasteiger partial charge in [0, 0.05) is 0 Å². The van der Waals surface area contributed by atoms with E-state index in [1.807, 2.05) is 0 Å². The SMILES string of the molecule is CCC[CH2][SnH2][CH2]CCC. The van der Waals surface area contributed by atoms with Crippen LogP contribution in [0.5, 0.6) is 0 Å². The predicted molar refractivity (Wildman–Crippen MR) is 48.0 cm³/mol. The topological polar surface area (TPSA) is 0 Å². The van der Waals surface area contributed by atoms with Crippen molar-refractivity contribution in [1.82, 2.24) is 0 Å². The summed E-state index contributed by atoms with van der Waals surface area (Å²) < 4.78 is 3.33. The number of hydrogen-bond acceptors (Lipinski definition) is 0. The Balaban J connectivity index is 2.60. The average molecular weight is 235 g/mol. The monoisotopic (exact) mass is 236 g/mol. The predicted octanol–water partition coefficient (Wildman–Crippen LogP) is 2.59. The third-order valence-electron chi connectivity index (χ3n) is 1.71. The van der Waals surface area contributed by atoms with E-state index in [0.717, 1.165) is 0 Å². The van der Waals surface area contributed by atoms with E-state index in [0.29, 0.717) is 0 Å². The molecule has 1 heteroatoms. The van der Waals surface area contributed by atoms with Gasteiger partial charge in [-0.15, -0.1) is 0 Å². The van der Waals surface area contributed by atoms with Gasteiger partial charge in [-0.2, -0.15) is 0 Å². The van der Waals surface area contributed by atoms with E-state index in [1.165, 1.54) is 25.7 Å². The van der Waals surface area contributed by atoms with Crippen molar-refractivity contribution >= 4 is 21.1 Å². The van der Waals surface area contributed by atoms with Crippen LogP contribution in [0.1, 0.15) is 39.5 Å². The van der Waals surface area contributed by atoms with Crippen LogP contribution >= 0.6 is 0 Å². The number of unbranched alkanes of at least 4 members (excludes halogenated alkanes) is 2. The van der Waals surface area contributed by atoms with Crippen molar-refractivity contribution in [2.75, 3.05) is 0 Å². The van der Waals surface area contributed by atoms with Crippen LogP contribution < -0.4 is 0 Å². The van der Waals surface area contributed by atoms with Gasteiger partial charge in [-0.05, 0) is 0 Å². The Labute approximate surface area is 69.6 Å². The first-order chi connectivity index (χ1) is 4.41. The van der Waals surface area contributed by atoms with Crippen molar-refractivity contribution in [3.8, 4) is 0 Å². The van der Waals surface area contributed by atoms with Crippen LogP contribution in [0.2, 0.25) is 8.87 Å². The fourth-order valence-corrected chi connectivity index (χ4v) is 6.91. The molecule has 9 heavy (non-hydrogen) atoms. The summed E-state index contributed by atoms with van der Waals surface area (Å²) in [6.45, 7) is 4.59. The maximum atomic E-state index is 2.30. The normalized spacial score (nSPS) is 10.0. The Morgan fingerprint density at radius 1 is 0.889 bits per heavy atom. The molecule has 0 saturated heterocycles. The third-order valence-corrected chi connectivity index (χ3v) is 7.42. The summed E-state index contributed by atoms with van der Waals surface area (Å²) in [5, 5.41) is 0. The third kappa shape index (κ3) is 8.80. The summed E-state index contributed by atoms with van der Waals surface area (Å²) in [5.74, 6) is 0. The van der Waals surface area contributed by atoms with E-state index in [9.17, 15) is 0 Å². The Bertz CT molecular complexity index is 37.8. The zero-order valence-corrected chi connectivity index (χ0v) is 11.0. The van der Waals surface area contributed by atoms with Gasteiger partial charge in [0.15, 0.2) is 0 Å². The molecule has 0 spiro atoms. The van der Waals surface area contributed by atoms with Gasteiger partial charge < -0.3 is 0 Å². The summed E-state index contributed by atoms with van der Waals surface area (Å²) >= 11 is -0.159. The molecule has 0 aromatic rings. The summed E-state index contributed by atoms with van der Waals surface area (Å²) in [7, 11) is 0. The van der Waals surface area contributed by atoms with Gasteiger partial charge in [-0.25, -0.2) is 0 Å². The molecule has 0 aromatic carbocycles. The molecule has 0 rings (SSSR count). The molecule has 0 saturated carbocycles. The minimum absolute atomic E-state index is 0.159. The zero-order valence-electron chi connectivity index (χ0n) is 6.95. The summed E-state index contributed by atoms with van der Waals surface area (Å²) in [6, 6.07) is 0. The Morgan fingerprint density at radius 3 is 1.67 bits per heavy atom. The molecule has 0 atom stereocenters. The minimum atomic E-state index is -0.159. The first-order valence-electron chi connectivity index (χ1n) is 4.41. The molecule has 0 aromatic heterocycles. The summed E-state index contributed by atoms with van der Waals surface area (Å²) in [5.41, 5.74) is 0. The van der Waals surface area contributed by atoms with E-state index in [-0.39, 0.29) is 21.1 Å². The molecular formula is C8H20Sn. The van der Waals surface area contributed by atoms with Crippen LogP contribution in [0.25, 0.3) is 0 Å². The maximum absolute atomic E-state index is 2.30. The molecule has 0 heterocycles. The molecule has 0 amide bonds. The molecule has 0 nitrogen and oxygen atoms in total. The molecule has 0 fully saturated rings. The van der Waals surface area contributed by atoms with Gasteiger partial charge in [0.25, 0.3) is 0 Å². The van der Waals surface area contributed by atoms with E-state index >= 15 is 0 Å². The molecule has 0 aliphatic heterocycles. The molecule has 0 aliphatic rings. The number of hydrogen-bond donors (Lipinski definition) is 0. The quantitative estimate of drug-likeness (QED) is 0.490. The zero-order chi connectivity index (χ0) is 6.95. The van der Waals surface area contributed by atoms with Crippen molar-refractivity contribution in [2.45, 2.75) is 48.4 Å². The molecular weight excluding hydrogens is 215 g/mol. The fourth-order valence-electron chi connectivity index (χ4n) is 1.03. The van der Waals surface area contributed by atoms with Gasteiger partial charge in [-0.3, -0.25) is 0 Å². The van der Waals surface area contributed by atoms with Crippen LogP contribution in [0.3, 0.4) is 0 Å². The molecule has 0 radical (unpaired) electrons. The first kappa shape index (κ1) is 9.80. The molecule has 0 N–H and O–H groups in total. The van der Waals surface area contributed by atoms with E-state index in [4.69, 9.17) is 0 Å². The van der Waals surface area contributed by atoms with Crippen LogP contribution in [-0.2, 0) is 0 Å². The fraction of sp³-hybridized carbons (Fsp3) is 1.00. The van der Waals surface area contributed by atoms with Crippen molar-refractivity contribution in [2.24, 2.45) is 0 Å². The van der Waals surface area contributed by atoms with Gasteiger partial charge in [0.1, 0.15) is 0 Å². The molecule has 0 aliphatic carbocycles. The second kappa shape index (κ2) is 8.80. The van der Waals surface area contributed by atoms with E-state index in [1.54, 1.807) is 8.87 Å². The van der Waals surface area contributed by atoms with Gasteiger partial charge >= 0.3 is 69.5 Å². The van der Waals surface area contributed by atoms with Crippen molar-refractivity contribution in [1.29, 1.82) is 0 Å². The van der Waals surface area contributed by atoms with Gasteiger partial charge in [-0.1, -0.05) is 0 Å². The van der Waals surface area contributed by atoms with Crippen molar-refractivity contribution < 1.29 is 0 Å². The van der Waals surface area contributed by atoms with Crippen LogP contribution in [0.15, 0.2) is 0 Å². The number of rotatable bonds is 6. The second-order valence-electron chi connectivity index (χ2n) is 2.77. The Kier molecular flexibility index (Phi) is 9.58. The van der Waals surface area contributed by atoms with Crippen molar-refractivity contribution in [3.63, 3.8) is 0 Å². The molecule has 0 unspecified atom stereocenters. The van der Waals surface area contributed by atoms with Crippen LogP contribution in [0, 0.1) is 0 Å². The molecule has 56 valence electrons. The van der Waals surface area contributed by atoms with Gasteiger partial charge in [0.05, 0.1) is 0 Å². The molecule has 0 bridgehead atoms. The standard InChI is InChI=1S/2C4H9.Sn.2H/c2*1-3-4-2;;;/h2*1,3-4H2,2H3;;;. The van der Waals surface area contributed by atoms with E-state index in [2.05, 4.69) is 13.8 Å². The van der Waals surface area contributed by atoms with Crippen LogP contribution in [-0.4, -0.2) is 21.1 Å². The van der Waals surface area contributed by atoms with Crippen LogP contribution in [0.4, 0.5) is 0 Å². The van der Waals surface area contributed by atoms with Crippen molar-refractivity contribution in [3.05, 3.63) is 0 Å². The van der Waals surface area contributed by atoms with Gasteiger partial charge in [0.2, 0.25) is 0 Å². The second-order valence-corrected chi connectivity index (χ2v) is 8.82.